The summed E-state index contributed by atoms with van der Waals surface area (Å²) in [6.45, 7) is 4.96. The summed E-state index contributed by atoms with van der Waals surface area (Å²) in [4.78, 5) is 22.8. The van der Waals surface area contributed by atoms with Gasteiger partial charge in [0.15, 0.2) is 0 Å². The molecule has 0 fully saturated rings. The van der Waals surface area contributed by atoms with Crippen LogP contribution in [0.4, 0.5) is 5.82 Å². The van der Waals surface area contributed by atoms with E-state index < -0.39 is 0 Å². The molecule has 0 aliphatic carbocycles. The number of rotatable bonds is 8. The van der Waals surface area contributed by atoms with Crippen LogP contribution in [0, 0.1) is 6.92 Å². The van der Waals surface area contributed by atoms with Crippen LogP contribution < -0.4 is 15.0 Å². The highest BCUT2D eigenvalue weighted by Crippen LogP contribution is 2.30. The minimum atomic E-state index is 0.0272. The van der Waals surface area contributed by atoms with Crippen LogP contribution in [0.3, 0.4) is 0 Å². The topological polar surface area (TPSA) is 57.7 Å². The Morgan fingerprint density at radius 3 is 2.84 bits per heavy atom. The van der Waals surface area contributed by atoms with Crippen LogP contribution in [0.1, 0.15) is 38.9 Å². The number of nitrogens with zero attached hydrogens (tertiary/aromatic N) is 3. The SMILES string of the molecule is CNCCC(Oc1ccc(CN2CCN(C)c3ncccc3C2=O)c(C)c1)c1cccs1. The largest absolute Gasteiger partial charge is 0.485 e. The Balaban J connectivity index is 1.49. The molecule has 3 aromatic rings. The molecule has 1 aliphatic rings. The molecule has 1 aromatic carbocycles. The molecule has 32 heavy (non-hydrogen) atoms. The predicted octanol–water partition coefficient (Wildman–Crippen LogP) is 4.27. The minimum absolute atomic E-state index is 0.0272. The molecule has 1 unspecified atom stereocenters. The van der Waals surface area contributed by atoms with Crippen molar-refractivity contribution in [1.82, 2.24) is 15.2 Å². The molecule has 6 nitrogen and oxygen atoms in total. The lowest BCUT2D eigenvalue weighted by Gasteiger charge is -2.23. The van der Waals surface area contributed by atoms with Crippen molar-refractivity contribution in [1.29, 1.82) is 0 Å². The van der Waals surface area contributed by atoms with Gasteiger partial charge in [0.05, 0.1) is 5.56 Å². The van der Waals surface area contributed by atoms with E-state index in [-0.39, 0.29) is 12.0 Å². The van der Waals surface area contributed by atoms with Crippen molar-refractivity contribution in [2.75, 3.05) is 38.6 Å². The summed E-state index contributed by atoms with van der Waals surface area (Å²) < 4.78 is 6.36. The van der Waals surface area contributed by atoms with E-state index in [0.29, 0.717) is 18.7 Å². The van der Waals surface area contributed by atoms with Crippen LogP contribution >= 0.6 is 11.3 Å². The molecule has 0 spiro atoms. The molecule has 3 heterocycles. The second kappa shape index (κ2) is 10.1. The zero-order valence-electron chi connectivity index (χ0n) is 18.9. The van der Waals surface area contributed by atoms with Gasteiger partial charge < -0.3 is 19.9 Å². The van der Waals surface area contributed by atoms with Crippen molar-refractivity contribution in [2.24, 2.45) is 0 Å². The van der Waals surface area contributed by atoms with E-state index in [2.05, 4.69) is 46.9 Å². The fourth-order valence-corrected chi connectivity index (χ4v) is 4.75. The van der Waals surface area contributed by atoms with Crippen LogP contribution in [0.5, 0.6) is 5.75 Å². The van der Waals surface area contributed by atoms with Gasteiger partial charge in [0.1, 0.15) is 17.7 Å². The maximum atomic E-state index is 13.2. The summed E-state index contributed by atoms with van der Waals surface area (Å²) in [6, 6.07) is 14.1. The van der Waals surface area contributed by atoms with Crippen LogP contribution in [0.25, 0.3) is 0 Å². The number of nitrogens with one attached hydrogen (secondary N) is 1. The van der Waals surface area contributed by atoms with Gasteiger partial charge in [-0.1, -0.05) is 12.1 Å². The van der Waals surface area contributed by atoms with Crippen molar-refractivity contribution in [2.45, 2.75) is 26.0 Å². The molecule has 7 heteroatoms. The predicted molar refractivity (Wildman–Crippen MR) is 130 cm³/mol. The van der Waals surface area contributed by atoms with Crippen LogP contribution in [0.15, 0.2) is 54.0 Å². The van der Waals surface area contributed by atoms with Crippen molar-refractivity contribution < 1.29 is 9.53 Å². The fourth-order valence-electron chi connectivity index (χ4n) is 3.97. The zero-order valence-corrected chi connectivity index (χ0v) is 19.7. The van der Waals surface area contributed by atoms with Crippen LogP contribution in [0.2, 0.25) is 0 Å². The van der Waals surface area contributed by atoms with Gasteiger partial charge in [-0.3, -0.25) is 4.79 Å². The number of fused-ring (bicyclic) bond motifs is 1. The molecule has 0 radical (unpaired) electrons. The van der Waals surface area contributed by atoms with E-state index in [4.69, 9.17) is 4.74 Å². The van der Waals surface area contributed by atoms with E-state index in [0.717, 1.165) is 42.2 Å². The first kappa shape index (κ1) is 22.3. The van der Waals surface area contributed by atoms with E-state index >= 15 is 0 Å². The minimum Gasteiger partial charge on any atom is -0.485 e. The molecular formula is C25H30N4O2S. The molecule has 4 rings (SSSR count). The van der Waals surface area contributed by atoms with E-state index in [1.807, 2.05) is 42.1 Å². The zero-order chi connectivity index (χ0) is 22.5. The summed E-state index contributed by atoms with van der Waals surface area (Å²) >= 11 is 1.72. The molecule has 1 atom stereocenters. The van der Waals surface area contributed by atoms with Crippen molar-refractivity contribution in [3.05, 3.63) is 75.6 Å². The maximum absolute atomic E-state index is 13.2. The third-order valence-corrected chi connectivity index (χ3v) is 6.81. The van der Waals surface area contributed by atoms with Gasteiger partial charge in [0.2, 0.25) is 0 Å². The van der Waals surface area contributed by atoms with Gasteiger partial charge in [0.25, 0.3) is 5.91 Å². The molecule has 2 aromatic heterocycles. The number of likely N-dealkylation sites (N-methyl/N-ethyl adjacent to an activating group) is 1. The fraction of sp³-hybridized carbons (Fsp3) is 0.360. The lowest BCUT2D eigenvalue weighted by molar-refractivity contribution is 0.0754. The number of carbonyl (C=O) groups excluding carboxylic acids is 1. The Kier molecular flexibility index (Phi) is 7.07. The lowest BCUT2D eigenvalue weighted by atomic mass is 10.1. The highest BCUT2D eigenvalue weighted by atomic mass is 32.1. The Bertz CT molecular complexity index is 1050. The van der Waals surface area contributed by atoms with Crippen LogP contribution in [-0.2, 0) is 6.54 Å². The van der Waals surface area contributed by atoms with Crippen molar-refractivity contribution in [3.63, 3.8) is 0 Å². The Morgan fingerprint density at radius 2 is 2.09 bits per heavy atom. The second-order valence-corrected chi connectivity index (χ2v) is 9.10. The van der Waals surface area contributed by atoms with Gasteiger partial charge in [-0.2, -0.15) is 0 Å². The number of hydrogen-bond acceptors (Lipinski definition) is 6. The number of pyridine rings is 1. The average molecular weight is 451 g/mol. The molecule has 1 amide bonds. The highest BCUT2D eigenvalue weighted by Gasteiger charge is 2.26. The van der Waals surface area contributed by atoms with Crippen LogP contribution in [-0.4, -0.2) is 49.5 Å². The molecule has 168 valence electrons. The average Bonchev–Trinajstić information content (AvgIpc) is 3.31. The van der Waals surface area contributed by atoms with E-state index in [9.17, 15) is 4.79 Å². The summed E-state index contributed by atoms with van der Waals surface area (Å²) in [5.41, 5.74) is 2.91. The molecular weight excluding hydrogens is 420 g/mol. The van der Waals surface area contributed by atoms with Gasteiger partial charge in [-0.15, -0.1) is 11.3 Å². The molecule has 1 N–H and O–H groups in total. The second-order valence-electron chi connectivity index (χ2n) is 8.13. The third kappa shape index (κ3) is 4.95. The maximum Gasteiger partial charge on any atom is 0.257 e. The summed E-state index contributed by atoms with van der Waals surface area (Å²) in [5.74, 6) is 1.64. The smallest absolute Gasteiger partial charge is 0.257 e. The quantitative estimate of drug-likeness (QED) is 0.555. The summed E-state index contributed by atoms with van der Waals surface area (Å²) in [5, 5.41) is 5.30. The normalized spacial score (nSPS) is 14.8. The first-order valence-electron chi connectivity index (χ1n) is 11.0. The van der Waals surface area contributed by atoms with E-state index in [1.165, 1.54) is 4.88 Å². The Labute approximate surface area is 193 Å². The molecule has 0 saturated heterocycles. The Hall–Kier alpha value is -2.90. The standard InChI is InChI=1S/C25H30N4O2S/c1-18-16-20(31-22(10-12-26-2)23-7-5-15-32-23)9-8-19(18)17-29-14-13-28(3)24-21(25(29)30)6-4-11-27-24/h4-9,11,15-16,22,26H,10,12-14,17H2,1-3H3. The lowest BCUT2D eigenvalue weighted by Crippen LogP contribution is -2.33. The van der Waals surface area contributed by atoms with Gasteiger partial charge in [-0.25, -0.2) is 4.98 Å². The Morgan fingerprint density at radius 1 is 1.22 bits per heavy atom. The van der Waals surface area contributed by atoms with Crippen molar-refractivity contribution >= 4 is 23.1 Å². The number of anilines is 1. The number of amides is 1. The first-order chi connectivity index (χ1) is 15.6. The molecule has 0 saturated carbocycles. The number of carbonyl (C=O) groups is 1. The summed E-state index contributed by atoms with van der Waals surface area (Å²) in [7, 11) is 3.94. The number of benzene rings is 1. The van der Waals surface area contributed by atoms with Gasteiger partial charge in [0, 0.05) is 44.2 Å². The number of hydrogen-bond donors (Lipinski definition) is 1. The van der Waals surface area contributed by atoms with Gasteiger partial charge >= 0.3 is 0 Å². The van der Waals surface area contributed by atoms with Gasteiger partial charge in [-0.05, 0) is 67.4 Å². The summed E-state index contributed by atoms with van der Waals surface area (Å²) in [6.07, 6.45) is 2.67. The number of aryl methyl sites for hydroxylation is 1. The number of aromatic nitrogens is 1. The van der Waals surface area contributed by atoms with E-state index in [1.54, 1.807) is 17.5 Å². The number of thiophene rings is 1. The molecule has 1 aliphatic heterocycles. The first-order valence-corrected chi connectivity index (χ1v) is 11.8. The van der Waals surface area contributed by atoms with Crippen molar-refractivity contribution in [3.8, 4) is 5.75 Å². The number of ether oxygens (including phenoxy) is 1. The monoisotopic (exact) mass is 450 g/mol. The third-order valence-electron chi connectivity index (χ3n) is 5.84. The highest BCUT2D eigenvalue weighted by molar-refractivity contribution is 7.10. The molecule has 0 bridgehead atoms.